The van der Waals surface area contributed by atoms with E-state index in [0.29, 0.717) is 5.56 Å². The Hall–Kier alpha value is -1.72. The maximum Gasteiger partial charge on any atom is 0.205 e. The molecule has 0 aromatic heterocycles. The standard InChI is InChI=1S/C21H28N2O2/c1-20(2)17(16(22)13-14-9-5-3-6-10-14)18(20)19(23)21(24,25)15-11-7-4-8-12-15/h3-12,16-19,24-25H,13,22-23H2,1-2H3/t16-,17+,18-,19-/m1/s1. The fourth-order valence-corrected chi connectivity index (χ4v) is 4.36. The Balaban J connectivity index is 1.76. The van der Waals surface area contributed by atoms with Crippen LogP contribution in [0.15, 0.2) is 60.7 Å². The van der Waals surface area contributed by atoms with Gasteiger partial charge in [-0.05, 0) is 29.2 Å². The van der Waals surface area contributed by atoms with E-state index < -0.39 is 11.8 Å². The molecule has 0 unspecified atom stereocenters. The third-order valence-corrected chi connectivity index (χ3v) is 5.82. The van der Waals surface area contributed by atoms with Crippen molar-refractivity contribution < 1.29 is 10.2 Å². The summed E-state index contributed by atoms with van der Waals surface area (Å²) in [6.07, 6.45) is 0.757. The van der Waals surface area contributed by atoms with E-state index in [1.54, 1.807) is 24.3 Å². The van der Waals surface area contributed by atoms with Gasteiger partial charge in [-0.3, -0.25) is 0 Å². The van der Waals surface area contributed by atoms with Crippen molar-refractivity contribution in [1.29, 1.82) is 0 Å². The van der Waals surface area contributed by atoms with Gasteiger partial charge in [-0.15, -0.1) is 0 Å². The van der Waals surface area contributed by atoms with E-state index in [0.717, 1.165) is 6.42 Å². The van der Waals surface area contributed by atoms with Crippen LogP contribution in [-0.2, 0) is 12.2 Å². The van der Waals surface area contributed by atoms with Gasteiger partial charge in [0.2, 0.25) is 5.79 Å². The Kier molecular flexibility index (Phi) is 4.73. The van der Waals surface area contributed by atoms with Gasteiger partial charge in [0.15, 0.2) is 0 Å². The molecule has 4 heteroatoms. The quantitative estimate of drug-likeness (QED) is 0.605. The summed E-state index contributed by atoms with van der Waals surface area (Å²) in [5.41, 5.74) is 14.3. The molecule has 3 rings (SSSR count). The average Bonchev–Trinajstić information content (AvgIpc) is 3.18. The molecule has 0 aliphatic heterocycles. The van der Waals surface area contributed by atoms with Crippen LogP contribution < -0.4 is 11.5 Å². The topological polar surface area (TPSA) is 92.5 Å². The summed E-state index contributed by atoms with van der Waals surface area (Å²) >= 11 is 0. The van der Waals surface area contributed by atoms with Crippen molar-refractivity contribution in [3.05, 3.63) is 71.8 Å². The molecule has 0 bridgehead atoms. The van der Waals surface area contributed by atoms with Crippen LogP contribution >= 0.6 is 0 Å². The number of nitrogens with two attached hydrogens (primary N) is 2. The summed E-state index contributed by atoms with van der Waals surface area (Å²) in [5, 5.41) is 21.4. The van der Waals surface area contributed by atoms with Gasteiger partial charge in [0.05, 0.1) is 6.04 Å². The van der Waals surface area contributed by atoms with Crippen LogP contribution in [0.2, 0.25) is 0 Å². The Morgan fingerprint density at radius 2 is 1.44 bits per heavy atom. The summed E-state index contributed by atoms with van der Waals surface area (Å²) in [6, 6.07) is 18.0. The van der Waals surface area contributed by atoms with Crippen LogP contribution in [0.3, 0.4) is 0 Å². The predicted molar refractivity (Wildman–Crippen MR) is 99.4 cm³/mol. The molecule has 2 aromatic carbocycles. The number of aliphatic hydroxyl groups is 2. The predicted octanol–water partition coefficient (Wildman–Crippen LogP) is 1.99. The van der Waals surface area contributed by atoms with Crippen molar-refractivity contribution in [2.45, 2.75) is 38.1 Å². The van der Waals surface area contributed by atoms with Crippen molar-refractivity contribution in [2.75, 3.05) is 0 Å². The number of hydrogen-bond donors (Lipinski definition) is 4. The van der Waals surface area contributed by atoms with Gasteiger partial charge in [0.25, 0.3) is 0 Å². The third-order valence-electron chi connectivity index (χ3n) is 5.82. The van der Waals surface area contributed by atoms with Gasteiger partial charge in [0, 0.05) is 11.6 Å². The van der Waals surface area contributed by atoms with Gasteiger partial charge < -0.3 is 21.7 Å². The molecule has 6 N–H and O–H groups in total. The van der Waals surface area contributed by atoms with Crippen LogP contribution in [0, 0.1) is 17.3 Å². The second-order valence-electron chi connectivity index (χ2n) is 7.84. The highest BCUT2D eigenvalue weighted by molar-refractivity contribution is 5.26. The van der Waals surface area contributed by atoms with Crippen LogP contribution in [0.1, 0.15) is 25.0 Å². The molecule has 25 heavy (non-hydrogen) atoms. The molecule has 2 aromatic rings. The van der Waals surface area contributed by atoms with Gasteiger partial charge in [0.1, 0.15) is 0 Å². The van der Waals surface area contributed by atoms with E-state index in [1.807, 2.05) is 24.3 Å². The number of hydrogen-bond acceptors (Lipinski definition) is 4. The molecule has 1 fully saturated rings. The molecular formula is C21H28N2O2. The van der Waals surface area contributed by atoms with Crippen molar-refractivity contribution in [2.24, 2.45) is 28.7 Å². The van der Waals surface area contributed by atoms with Crippen molar-refractivity contribution >= 4 is 0 Å². The zero-order valence-corrected chi connectivity index (χ0v) is 14.8. The number of rotatable bonds is 6. The van der Waals surface area contributed by atoms with E-state index in [2.05, 4.69) is 26.0 Å². The minimum absolute atomic E-state index is 0.0542. The monoisotopic (exact) mass is 340 g/mol. The fraction of sp³-hybridized carbons (Fsp3) is 0.429. The molecule has 0 amide bonds. The van der Waals surface area contributed by atoms with E-state index in [9.17, 15) is 10.2 Å². The first-order chi connectivity index (χ1) is 11.8. The zero-order chi connectivity index (χ0) is 18.2. The highest BCUT2D eigenvalue weighted by Crippen LogP contribution is 2.62. The molecule has 1 aliphatic carbocycles. The van der Waals surface area contributed by atoms with Gasteiger partial charge in [-0.1, -0.05) is 74.5 Å². The smallest absolute Gasteiger partial charge is 0.205 e. The lowest BCUT2D eigenvalue weighted by Crippen LogP contribution is -2.48. The molecule has 1 aliphatic rings. The second-order valence-corrected chi connectivity index (χ2v) is 7.84. The molecule has 4 atom stereocenters. The molecular weight excluding hydrogens is 312 g/mol. The van der Waals surface area contributed by atoms with E-state index >= 15 is 0 Å². The van der Waals surface area contributed by atoms with E-state index in [-0.39, 0.29) is 23.3 Å². The normalized spacial score (nSPS) is 24.6. The summed E-state index contributed by atoms with van der Waals surface area (Å²) in [5.74, 6) is -1.98. The highest BCUT2D eigenvalue weighted by Gasteiger charge is 2.65. The Labute approximate surface area is 149 Å². The molecule has 4 nitrogen and oxygen atoms in total. The van der Waals surface area contributed by atoms with Crippen LogP contribution in [0.25, 0.3) is 0 Å². The minimum atomic E-state index is -2.07. The van der Waals surface area contributed by atoms with Crippen molar-refractivity contribution in [1.82, 2.24) is 0 Å². The number of benzene rings is 2. The lowest BCUT2D eigenvalue weighted by atomic mass is 9.91. The van der Waals surface area contributed by atoms with Gasteiger partial charge in [-0.2, -0.15) is 0 Å². The largest absolute Gasteiger partial charge is 0.361 e. The molecule has 134 valence electrons. The summed E-state index contributed by atoms with van der Waals surface area (Å²) < 4.78 is 0. The van der Waals surface area contributed by atoms with Gasteiger partial charge in [-0.25, -0.2) is 0 Å². The summed E-state index contributed by atoms with van der Waals surface area (Å²) in [7, 11) is 0. The SMILES string of the molecule is CC1(C)[C@@H]([C@H](N)Cc2ccccc2)[C@@H]1[C@@H](N)C(O)(O)c1ccccc1. The molecule has 0 saturated heterocycles. The molecule has 0 spiro atoms. The minimum Gasteiger partial charge on any atom is -0.361 e. The molecule has 0 heterocycles. The first-order valence-electron chi connectivity index (χ1n) is 8.81. The molecule has 0 radical (unpaired) electrons. The van der Waals surface area contributed by atoms with E-state index in [1.165, 1.54) is 5.56 Å². The van der Waals surface area contributed by atoms with E-state index in [4.69, 9.17) is 11.5 Å². The second kappa shape index (κ2) is 6.54. The fourth-order valence-electron chi connectivity index (χ4n) is 4.36. The third kappa shape index (κ3) is 3.35. The Morgan fingerprint density at radius 1 is 0.920 bits per heavy atom. The zero-order valence-electron chi connectivity index (χ0n) is 14.8. The molecule has 1 saturated carbocycles. The van der Waals surface area contributed by atoms with Crippen molar-refractivity contribution in [3.63, 3.8) is 0 Å². The maximum absolute atomic E-state index is 10.7. The lowest BCUT2D eigenvalue weighted by Gasteiger charge is -2.30. The summed E-state index contributed by atoms with van der Waals surface area (Å²) in [4.78, 5) is 0. The Morgan fingerprint density at radius 3 is 2.00 bits per heavy atom. The van der Waals surface area contributed by atoms with Crippen LogP contribution in [0.5, 0.6) is 0 Å². The van der Waals surface area contributed by atoms with Gasteiger partial charge >= 0.3 is 0 Å². The van der Waals surface area contributed by atoms with Crippen molar-refractivity contribution in [3.8, 4) is 0 Å². The highest BCUT2D eigenvalue weighted by atomic mass is 16.5. The first kappa shape index (κ1) is 18.1. The average molecular weight is 340 g/mol. The maximum atomic E-state index is 10.7. The van der Waals surface area contributed by atoms with Crippen LogP contribution in [0.4, 0.5) is 0 Å². The Bertz CT molecular complexity index is 700. The first-order valence-corrected chi connectivity index (χ1v) is 8.81. The lowest BCUT2D eigenvalue weighted by molar-refractivity contribution is -0.191. The van der Waals surface area contributed by atoms with Crippen LogP contribution in [-0.4, -0.2) is 22.3 Å². The summed E-state index contributed by atoms with van der Waals surface area (Å²) in [6.45, 7) is 4.21.